The fourth-order valence-corrected chi connectivity index (χ4v) is 8.26. The number of nitrogens with zero attached hydrogens (tertiary/aromatic N) is 6. The number of aryl methyl sites for hydroxylation is 1. The first-order valence-electron chi connectivity index (χ1n) is 16.2. The lowest BCUT2D eigenvalue weighted by Crippen LogP contribution is -2.57. The van der Waals surface area contributed by atoms with Crippen LogP contribution in [0.2, 0.25) is 0 Å². The molecule has 5 aliphatic rings. The molecule has 4 aliphatic heterocycles. The van der Waals surface area contributed by atoms with Crippen molar-refractivity contribution in [1.82, 2.24) is 19.8 Å². The quantitative estimate of drug-likeness (QED) is 0.340. The van der Waals surface area contributed by atoms with E-state index in [9.17, 15) is 9.18 Å². The average Bonchev–Trinajstić information content (AvgIpc) is 3.63. The number of piperazine rings is 1. The van der Waals surface area contributed by atoms with Gasteiger partial charge in [-0.2, -0.15) is 9.97 Å². The fourth-order valence-electron chi connectivity index (χ4n) is 8.26. The molecule has 1 aromatic carbocycles. The first-order valence-corrected chi connectivity index (χ1v) is 16.2. The molecular weight excluding hydrogens is 559 g/mol. The molecule has 1 aliphatic carbocycles. The van der Waals surface area contributed by atoms with Crippen molar-refractivity contribution < 1.29 is 18.7 Å². The Morgan fingerprint density at radius 3 is 2.73 bits per heavy atom. The minimum Gasteiger partial charge on any atom is -0.461 e. The average molecular weight is 601 g/mol. The van der Waals surface area contributed by atoms with E-state index in [1.54, 1.807) is 0 Å². The van der Waals surface area contributed by atoms with Gasteiger partial charge in [-0.15, -0.1) is 0 Å². The third-order valence-electron chi connectivity index (χ3n) is 10.5. The second-order valence-corrected chi connectivity index (χ2v) is 13.0. The Kier molecular flexibility index (Phi) is 8.02. The van der Waals surface area contributed by atoms with Gasteiger partial charge in [-0.25, -0.2) is 11.0 Å². The molecule has 0 radical (unpaired) electrons. The molecule has 10 heteroatoms. The molecular formula is C34H41FN6O3. The van der Waals surface area contributed by atoms with E-state index in [4.69, 9.17) is 26.0 Å². The topological polar surface area (TPSA) is 75.4 Å². The largest absolute Gasteiger partial charge is 0.461 e. The smallest absolute Gasteiger partial charge is 0.318 e. The van der Waals surface area contributed by atoms with Gasteiger partial charge in [0.05, 0.1) is 23.9 Å². The van der Waals surface area contributed by atoms with Gasteiger partial charge in [0.1, 0.15) is 18.5 Å². The van der Waals surface area contributed by atoms with Crippen molar-refractivity contribution in [3.8, 4) is 6.01 Å². The van der Waals surface area contributed by atoms with Crippen molar-refractivity contribution in [1.29, 1.82) is 0 Å². The van der Waals surface area contributed by atoms with E-state index in [2.05, 4.69) is 39.4 Å². The monoisotopic (exact) mass is 600 g/mol. The number of fused-ring (bicyclic) bond motifs is 3. The summed E-state index contributed by atoms with van der Waals surface area (Å²) in [4.78, 5) is 32.2. The predicted octanol–water partition coefficient (Wildman–Crippen LogP) is 4.60. The van der Waals surface area contributed by atoms with Crippen LogP contribution in [0.25, 0.3) is 4.85 Å². The zero-order chi connectivity index (χ0) is 30.3. The summed E-state index contributed by atoms with van der Waals surface area (Å²) < 4.78 is 26.9. The second-order valence-electron chi connectivity index (χ2n) is 13.0. The molecule has 7 rings (SSSR count). The Bertz CT molecular complexity index is 1480. The van der Waals surface area contributed by atoms with Crippen LogP contribution in [0.3, 0.4) is 0 Å². The normalized spacial score (nSPS) is 24.3. The Labute approximate surface area is 258 Å². The van der Waals surface area contributed by atoms with Crippen molar-refractivity contribution in [3.63, 3.8) is 0 Å². The van der Waals surface area contributed by atoms with Crippen molar-refractivity contribution >= 4 is 11.7 Å². The van der Waals surface area contributed by atoms with Crippen LogP contribution in [0.4, 0.5) is 10.2 Å². The van der Waals surface area contributed by atoms with Gasteiger partial charge in [-0.1, -0.05) is 24.8 Å². The van der Waals surface area contributed by atoms with E-state index in [1.165, 1.54) is 47.3 Å². The number of benzene rings is 1. The minimum atomic E-state index is -1.00. The highest BCUT2D eigenvalue weighted by molar-refractivity contribution is 5.91. The summed E-state index contributed by atoms with van der Waals surface area (Å²) in [5.74, 6) is -1.02. The van der Waals surface area contributed by atoms with Gasteiger partial charge in [0.25, 0.3) is 5.91 Å². The number of anilines is 1. The molecule has 0 bridgehead atoms. The SMILES string of the molecule is [C-]#[N+]C[C@H]1CN(c2nc(OCC34CCCN3CCC4)nc3c2CO[C@@H](c2cccc4c2CCCC4)C3)CCN1C(=O)C(=C)F. The van der Waals surface area contributed by atoms with Crippen molar-refractivity contribution in [2.24, 2.45) is 0 Å². The molecule has 1 amide bonds. The van der Waals surface area contributed by atoms with E-state index in [-0.39, 0.29) is 24.7 Å². The number of rotatable bonds is 7. The van der Waals surface area contributed by atoms with E-state index in [1.807, 2.05) is 0 Å². The number of aromatic nitrogens is 2. The van der Waals surface area contributed by atoms with Gasteiger partial charge < -0.3 is 24.1 Å². The lowest BCUT2D eigenvalue weighted by Gasteiger charge is -2.41. The van der Waals surface area contributed by atoms with Crippen LogP contribution in [0, 0.1) is 6.57 Å². The first kappa shape index (κ1) is 29.2. The Balaban J connectivity index is 1.20. The van der Waals surface area contributed by atoms with Crippen molar-refractivity contribution in [2.45, 2.75) is 82.1 Å². The third kappa shape index (κ3) is 5.34. The Morgan fingerprint density at radius 2 is 1.93 bits per heavy atom. The fraction of sp³-hybridized carbons (Fsp3) is 0.588. The van der Waals surface area contributed by atoms with E-state index < -0.39 is 17.8 Å². The molecule has 0 N–H and O–H groups in total. The van der Waals surface area contributed by atoms with E-state index in [0.717, 1.165) is 55.8 Å². The van der Waals surface area contributed by atoms with Gasteiger partial charge >= 0.3 is 6.01 Å². The van der Waals surface area contributed by atoms with Crippen LogP contribution in [-0.4, -0.2) is 83.1 Å². The summed E-state index contributed by atoms with van der Waals surface area (Å²) in [7, 11) is 0. The zero-order valence-electron chi connectivity index (χ0n) is 25.4. The van der Waals surface area contributed by atoms with Gasteiger partial charge in [0.2, 0.25) is 6.54 Å². The number of amides is 1. The lowest BCUT2D eigenvalue weighted by molar-refractivity contribution is -0.131. The molecule has 0 saturated carbocycles. The minimum absolute atomic E-state index is 0.0651. The zero-order valence-corrected chi connectivity index (χ0v) is 25.4. The van der Waals surface area contributed by atoms with E-state index >= 15 is 0 Å². The highest BCUT2D eigenvalue weighted by atomic mass is 19.1. The Morgan fingerprint density at radius 1 is 1.11 bits per heavy atom. The molecule has 0 unspecified atom stereocenters. The lowest BCUT2D eigenvalue weighted by atomic mass is 9.85. The maximum absolute atomic E-state index is 13.8. The number of halogens is 1. The standard InChI is InChI=1S/C34H41FN6O3/c1-23(35)32(42)41-17-16-39(20-25(41)19-36-2)31-28-21-43-30(27-11-5-9-24-8-3-4-10-26(24)27)18-29(28)37-33(38-31)44-22-34-12-6-14-40(34)15-7-13-34/h5,9,11,25,30H,1,3-4,6-8,10,12-22H2/t25-,30+/m0/s1. The molecule has 5 heterocycles. The maximum Gasteiger partial charge on any atom is 0.318 e. The van der Waals surface area contributed by atoms with Crippen LogP contribution in [0.15, 0.2) is 30.6 Å². The molecule has 3 fully saturated rings. The van der Waals surface area contributed by atoms with E-state index in [0.29, 0.717) is 38.7 Å². The Hall–Kier alpha value is -3.55. The molecule has 9 nitrogen and oxygen atoms in total. The molecule has 1 aromatic heterocycles. The van der Waals surface area contributed by atoms with Crippen molar-refractivity contribution in [3.05, 3.63) is 70.0 Å². The van der Waals surface area contributed by atoms with Crippen LogP contribution >= 0.6 is 0 Å². The second kappa shape index (κ2) is 12.1. The summed E-state index contributed by atoms with van der Waals surface area (Å²) in [6.07, 6.45) is 9.81. The molecule has 44 heavy (non-hydrogen) atoms. The van der Waals surface area contributed by atoms with Crippen LogP contribution in [-0.2, 0) is 35.4 Å². The van der Waals surface area contributed by atoms with Gasteiger partial charge in [0.15, 0.2) is 5.83 Å². The number of ether oxygens (including phenoxy) is 2. The summed E-state index contributed by atoms with van der Waals surface area (Å²) in [5.41, 5.74) is 6.04. The van der Waals surface area contributed by atoms with Gasteiger partial charge in [0, 0.05) is 31.6 Å². The molecule has 232 valence electrons. The highest BCUT2D eigenvalue weighted by Gasteiger charge is 2.45. The third-order valence-corrected chi connectivity index (χ3v) is 10.5. The predicted molar refractivity (Wildman–Crippen MR) is 164 cm³/mol. The maximum atomic E-state index is 13.8. The summed E-state index contributed by atoms with van der Waals surface area (Å²) in [5, 5.41) is 0. The van der Waals surface area contributed by atoms with Crippen LogP contribution < -0.4 is 9.64 Å². The number of carbonyl (C=O) groups excluding carboxylic acids is 1. The summed E-state index contributed by atoms with van der Waals surface area (Å²) in [6.45, 7) is 15.0. The molecule has 3 saturated heterocycles. The summed E-state index contributed by atoms with van der Waals surface area (Å²) >= 11 is 0. The van der Waals surface area contributed by atoms with Crippen molar-refractivity contribution in [2.75, 3.05) is 50.8 Å². The number of hydrogen-bond donors (Lipinski definition) is 0. The molecule has 2 atom stereocenters. The number of carbonyl (C=O) groups is 1. The highest BCUT2D eigenvalue weighted by Crippen LogP contribution is 2.41. The first-order chi connectivity index (χ1) is 21.5. The van der Waals surface area contributed by atoms with Crippen LogP contribution in [0.5, 0.6) is 6.01 Å². The molecule has 0 spiro atoms. The summed E-state index contributed by atoms with van der Waals surface area (Å²) in [6, 6.07) is 6.50. The van der Waals surface area contributed by atoms with Gasteiger partial charge in [-0.05, 0) is 81.1 Å². The van der Waals surface area contributed by atoms with Gasteiger partial charge in [-0.3, -0.25) is 9.69 Å². The number of hydrogen-bond acceptors (Lipinski definition) is 7. The van der Waals surface area contributed by atoms with Crippen LogP contribution in [0.1, 0.15) is 72.6 Å². The molecule has 2 aromatic rings.